The molecule has 4 nitrogen and oxygen atoms in total. The molecule has 0 aliphatic heterocycles. The van der Waals surface area contributed by atoms with Gasteiger partial charge in [-0.1, -0.05) is 60.2 Å². The summed E-state index contributed by atoms with van der Waals surface area (Å²) >= 11 is 0. The summed E-state index contributed by atoms with van der Waals surface area (Å²) in [5, 5.41) is 2.96. The molecule has 0 fully saturated rings. The second-order valence-corrected chi connectivity index (χ2v) is 6.57. The van der Waals surface area contributed by atoms with Crippen LogP contribution in [0.1, 0.15) is 34.1 Å². The smallest absolute Gasteiger partial charge is 0.270 e. The fourth-order valence-corrected chi connectivity index (χ4v) is 3.02. The summed E-state index contributed by atoms with van der Waals surface area (Å²) in [6.45, 7) is 6.30. The Hall–Kier alpha value is -3.14. The van der Waals surface area contributed by atoms with Crippen LogP contribution in [0, 0.1) is 6.92 Å². The van der Waals surface area contributed by atoms with Gasteiger partial charge in [0.05, 0.1) is 0 Å². The van der Waals surface area contributed by atoms with Crippen LogP contribution in [0.4, 0.5) is 5.69 Å². The lowest BCUT2D eigenvalue weighted by Crippen LogP contribution is -2.25. The van der Waals surface area contributed by atoms with Gasteiger partial charge in [0, 0.05) is 31.5 Å². The lowest BCUT2D eigenvalue weighted by atomic mass is 10.1. The second kappa shape index (κ2) is 8.99. The molecule has 0 spiro atoms. The summed E-state index contributed by atoms with van der Waals surface area (Å²) < 4.78 is 0. The van der Waals surface area contributed by atoms with Crippen molar-refractivity contribution >= 4 is 11.6 Å². The van der Waals surface area contributed by atoms with E-state index < -0.39 is 0 Å². The molecule has 27 heavy (non-hydrogen) atoms. The van der Waals surface area contributed by atoms with Crippen LogP contribution in [0.3, 0.4) is 0 Å². The second-order valence-electron chi connectivity index (χ2n) is 6.57. The minimum atomic E-state index is -0.158. The molecule has 1 aromatic heterocycles. The first-order valence-corrected chi connectivity index (χ1v) is 9.24. The Kier molecular flexibility index (Phi) is 6.21. The van der Waals surface area contributed by atoms with Gasteiger partial charge in [0.1, 0.15) is 5.69 Å². The van der Waals surface area contributed by atoms with Crippen LogP contribution in [0.5, 0.6) is 0 Å². The van der Waals surface area contributed by atoms with E-state index >= 15 is 0 Å². The molecule has 0 aliphatic rings. The molecule has 3 rings (SSSR count). The number of amides is 1. The summed E-state index contributed by atoms with van der Waals surface area (Å²) in [5.41, 5.74) is 4.94. The van der Waals surface area contributed by atoms with Crippen LogP contribution in [0.2, 0.25) is 0 Å². The first-order valence-electron chi connectivity index (χ1n) is 9.24. The number of pyridine rings is 1. The maximum absolute atomic E-state index is 12.5. The molecule has 1 amide bonds. The molecule has 1 N–H and O–H groups in total. The maximum Gasteiger partial charge on any atom is 0.270 e. The van der Waals surface area contributed by atoms with Gasteiger partial charge in [-0.3, -0.25) is 9.78 Å². The molecule has 0 unspecified atom stereocenters. The maximum atomic E-state index is 12.5. The number of carbonyl (C=O) groups excluding carboxylic acids is 1. The quantitative estimate of drug-likeness (QED) is 0.682. The third-order valence-corrected chi connectivity index (χ3v) is 4.47. The van der Waals surface area contributed by atoms with Crippen LogP contribution < -0.4 is 10.2 Å². The molecule has 0 aliphatic carbocycles. The van der Waals surface area contributed by atoms with Crippen molar-refractivity contribution in [1.29, 1.82) is 0 Å². The lowest BCUT2D eigenvalue weighted by Gasteiger charge is -2.23. The molecular formula is C23H25N3O. The molecule has 4 heteroatoms. The molecule has 0 saturated carbocycles. The van der Waals surface area contributed by atoms with Crippen LogP contribution in [0.25, 0.3) is 0 Å². The predicted molar refractivity (Wildman–Crippen MR) is 110 cm³/mol. The highest BCUT2D eigenvalue weighted by Crippen LogP contribution is 2.17. The van der Waals surface area contributed by atoms with E-state index in [1.54, 1.807) is 6.20 Å². The Morgan fingerprint density at radius 1 is 1.00 bits per heavy atom. The van der Waals surface area contributed by atoms with Gasteiger partial charge in [-0.05, 0) is 37.1 Å². The van der Waals surface area contributed by atoms with E-state index in [0.717, 1.165) is 24.3 Å². The summed E-state index contributed by atoms with van der Waals surface area (Å²) in [6.07, 6.45) is 1.70. The first-order chi connectivity index (χ1) is 13.2. The third kappa shape index (κ3) is 5.17. The Labute approximate surface area is 160 Å². The summed E-state index contributed by atoms with van der Waals surface area (Å²) in [4.78, 5) is 19.0. The molecule has 0 bridgehead atoms. The van der Waals surface area contributed by atoms with Gasteiger partial charge in [0.25, 0.3) is 5.91 Å². The highest BCUT2D eigenvalue weighted by atomic mass is 16.1. The zero-order valence-corrected chi connectivity index (χ0v) is 15.9. The molecule has 2 aromatic carbocycles. The van der Waals surface area contributed by atoms with E-state index in [1.165, 1.54) is 11.1 Å². The number of nitrogens with one attached hydrogen (secondary N) is 1. The zero-order chi connectivity index (χ0) is 19.1. The Bertz CT molecular complexity index is 893. The number of aromatic nitrogens is 1. The molecular weight excluding hydrogens is 334 g/mol. The Morgan fingerprint density at radius 3 is 2.52 bits per heavy atom. The SMILES string of the molecule is CCN(Cc1ccccc1)c1ccnc(C(=O)NCc2cccc(C)c2)c1. The van der Waals surface area contributed by atoms with E-state index in [1.807, 2.05) is 55.5 Å². The fourth-order valence-electron chi connectivity index (χ4n) is 3.02. The molecule has 0 saturated heterocycles. The van der Waals surface area contributed by atoms with Gasteiger partial charge in [0.2, 0.25) is 0 Å². The topological polar surface area (TPSA) is 45.2 Å². The Morgan fingerprint density at radius 2 is 1.78 bits per heavy atom. The summed E-state index contributed by atoms with van der Waals surface area (Å²) in [7, 11) is 0. The van der Waals surface area contributed by atoms with E-state index in [-0.39, 0.29) is 5.91 Å². The summed E-state index contributed by atoms with van der Waals surface area (Å²) in [6, 6.07) is 22.3. The van der Waals surface area contributed by atoms with Crippen LogP contribution in [-0.2, 0) is 13.1 Å². The van der Waals surface area contributed by atoms with Crippen molar-refractivity contribution in [3.05, 3.63) is 95.3 Å². The van der Waals surface area contributed by atoms with Crippen molar-refractivity contribution in [2.24, 2.45) is 0 Å². The van der Waals surface area contributed by atoms with Crippen molar-refractivity contribution in [3.8, 4) is 0 Å². The molecule has 0 atom stereocenters. The Balaban J connectivity index is 1.69. The normalized spacial score (nSPS) is 10.4. The third-order valence-electron chi connectivity index (χ3n) is 4.47. The largest absolute Gasteiger partial charge is 0.367 e. The number of aryl methyl sites for hydroxylation is 1. The van der Waals surface area contributed by atoms with Gasteiger partial charge in [0.15, 0.2) is 0 Å². The van der Waals surface area contributed by atoms with Crippen molar-refractivity contribution in [2.45, 2.75) is 26.9 Å². The van der Waals surface area contributed by atoms with Gasteiger partial charge in [-0.2, -0.15) is 0 Å². The predicted octanol–water partition coefficient (Wildman–Crippen LogP) is 4.35. The van der Waals surface area contributed by atoms with Crippen LogP contribution in [-0.4, -0.2) is 17.4 Å². The van der Waals surface area contributed by atoms with Crippen LogP contribution >= 0.6 is 0 Å². The first kappa shape index (κ1) is 18.6. The average Bonchev–Trinajstić information content (AvgIpc) is 2.71. The molecule has 0 radical (unpaired) electrons. The number of benzene rings is 2. The monoisotopic (exact) mass is 359 g/mol. The number of nitrogens with zero attached hydrogens (tertiary/aromatic N) is 2. The van der Waals surface area contributed by atoms with Crippen LogP contribution in [0.15, 0.2) is 72.9 Å². The minimum Gasteiger partial charge on any atom is -0.367 e. The number of rotatable bonds is 7. The van der Waals surface area contributed by atoms with Gasteiger partial charge in [-0.25, -0.2) is 0 Å². The lowest BCUT2D eigenvalue weighted by molar-refractivity contribution is 0.0946. The van der Waals surface area contributed by atoms with Gasteiger partial charge < -0.3 is 10.2 Å². The minimum absolute atomic E-state index is 0.158. The van der Waals surface area contributed by atoms with Crippen molar-refractivity contribution in [3.63, 3.8) is 0 Å². The van der Waals surface area contributed by atoms with E-state index in [2.05, 4.69) is 40.3 Å². The fraction of sp³-hybridized carbons (Fsp3) is 0.217. The highest BCUT2D eigenvalue weighted by molar-refractivity contribution is 5.93. The highest BCUT2D eigenvalue weighted by Gasteiger charge is 2.11. The molecule has 1 heterocycles. The average molecular weight is 359 g/mol. The zero-order valence-electron chi connectivity index (χ0n) is 15.9. The van der Waals surface area contributed by atoms with Gasteiger partial charge >= 0.3 is 0 Å². The van der Waals surface area contributed by atoms with E-state index in [9.17, 15) is 4.79 Å². The number of carbonyl (C=O) groups is 1. The van der Waals surface area contributed by atoms with Gasteiger partial charge in [-0.15, -0.1) is 0 Å². The van der Waals surface area contributed by atoms with Crippen molar-refractivity contribution in [1.82, 2.24) is 10.3 Å². The molecule has 3 aromatic rings. The molecule has 138 valence electrons. The number of hydrogen-bond acceptors (Lipinski definition) is 3. The van der Waals surface area contributed by atoms with Crippen molar-refractivity contribution in [2.75, 3.05) is 11.4 Å². The summed E-state index contributed by atoms with van der Waals surface area (Å²) in [5.74, 6) is -0.158. The number of hydrogen-bond donors (Lipinski definition) is 1. The van der Waals surface area contributed by atoms with Crippen molar-refractivity contribution < 1.29 is 4.79 Å². The standard InChI is InChI=1S/C23H25N3O/c1-3-26(17-19-9-5-4-6-10-19)21-12-13-24-22(15-21)23(27)25-16-20-11-7-8-18(2)14-20/h4-15H,3,16-17H2,1-2H3,(H,25,27). The van der Waals surface area contributed by atoms with E-state index in [0.29, 0.717) is 12.2 Å². The number of anilines is 1. The van der Waals surface area contributed by atoms with E-state index in [4.69, 9.17) is 0 Å².